The fraction of sp³-hybridized carbons (Fsp3) is 0.381. The summed E-state index contributed by atoms with van der Waals surface area (Å²) in [6, 6.07) is 3.18. The van der Waals surface area contributed by atoms with Crippen molar-refractivity contribution >= 4 is 23.8 Å². The van der Waals surface area contributed by atoms with Gasteiger partial charge in [0.2, 0.25) is 0 Å². The average Bonchev–Trinajstić information content (AvgIpc) is 2.65. The first-order valence-corrected chi connectivity index (χ1v) is 9.56. The van der Waals surface area contributed by atoms with Gasteiger partial charge in [0, 0.05) is 49.7 Å². The lowest BCUT2D eigenvalue weighted by Crippen LogP contribution is -2.30. The summed E-state index contributed by atoms with van der Waals surface area (Å²) in [6.45, 7) is 7.39. The van der Waals surface area contributed by atoms with Crippen LogP contribution in [0.2, 0.25) is 0 Å². The van der Waals surface area contributed by atoms with E-state index in [1.807, 2.05) is 19.9 Å². The molecule has 0 saturated carbocycles. The Kier molecular flexibility index (Phi) is 7.10. The Morgan fingerprint density at radius 3 is 2.47 bits per heavy atom. The maximum Gasteiger partial charge on any atom is 0.272 e. The Morgan fingerprint density at radius 1 is 1.27 bits per heavy atom. The van der Waals surface area contributed by atoms with Crippen molar-refractivity contribution in [2.75, 3.05) is 19.4 Å². The number of nitrogens with zero attached hydrogens (tertiary/aromatic N) is 2. The largest absolute Gasteiger partial charge is 0.367 e. The van der Waals surface area contributed by atoms with E-state index in [2.05, 4.69) is 20.6 Å². The smallest absolute Gasteiger partial charge is 0.272 e. The summed E-state index contributed by atoms with van der Waals surface area (Å²) in [5, 5.41) is 13.6. The lowest BCUT2D eigenvalue weighted by molar-refractivity contribution is 0.0822. The predicted octanol–water partition coefficient (Wildman–Crippen LogP) is 1.84. The number of aryl methyl sites for hydroxylation is 2. The topological polar surface area (TPSA) is 131 Å². The Labute approximate surface area is 175 Å². The number of anilines is 1. The molecule has 0 aliphatic carbocycles. The molecule has 0 saturated heterocycles. The van der Waals surface area contributed by atoms with Crippen LogP contribution in [-0.4, -0.2) is 53.0 Å². The number of aromatic nitrogens is 2. The van der Waals surface area contributed by atoms with Gasteiger partial charge >= 0.3 is 0 Å². The molecular weight excluding hydrogens is 384 g/mol. The van der Waals surface area contributed by atoms with Crippen molar-refractivity contribution < 1.29 is 9.59 Å². The molecule has 0 bridgehead atoms. The molecule has 0 aromatic carbocycles. The summed E-state index contributed by atoms with van der Waals surface area (Å²) in [5.74, 6) is -0.588. The molecule has 0 aliphatic heterocycles. The second-order valence-electron chi connectivity index (χ2n) is 7.59. The van der Waals surface area contributed by atoms with E-state index in [1.54, 1.807) is 27.9 Å². The molecule has 0 aliphatic rings. The van der Waals surface area contributed by atoms with Crippen molar-refractivity contribution in [1.29, 1.82) is 5.41 Å². The molecule has 0 fully saturated rings. The number of carbonyl (C=O) groups is 2. The number of H-pyrrole nitrogens is 1. The number of aromatic amines is 1. The number of carbonyl (C=O) groups excluding carboxylic acids is 2. The van der Waals surface area contributed by atoms with Gasteiger partial charge in [0.25, 0.3) is 17.4 Å². The highest BCUT2D eigenvalue weighted by Crippen LogP contribution is 2.20. The fourth-order valence-electron chi connectivity index (χ4n) is 2.98. The van der Waals surface area contributed by atoms with Crippen molar-refractivity contribution in [3.05, 3.63) is 56.1 Å². The second kappa shape index (κ2) is 9.34. The van der Waals surface area contributed by atoms with Crippen molar-refractivity contribution in [2.24, 2.45) is 0 Å². The number of hydrogen-bond acceptors (Lipinski definition) is 6. The summed E-state index contributed by atoms with van der Waals surface area (Å²) >= 11 is 0. The molecule has 30 heavy (non-hydrogen) atoms. The van der Waals surface area contributed by atoms with E-state index in [1.165, 1.54) is 11.0 Å². The van der Waals surface area contributed by atoms with Crippen LogP contribution in [0.15, 0.2) is 16.9 Å². The molecule has 4 N–H and O–H groups in total. The average molecular weight is 412 g/mol. The molecule has 160 valence electrons. The molecule has 2 aromatic heterocycles. The van der Waals surface area contributed by atoms with Gasteiger partial charge in [0.1, 0.15) is 11.5 Å². The quantitative estimate of drug-likeness (QED) is 0.515. The summed E-state index contributed by atoms with van der Waals surface area (Å²) in [7, 11) is 3.19. The summed E-state index contributed by atoms with van der Waals surface area (Å²) in [6.07, 6.45) is 1.03. The van der Waals surface area contributed by atoms with Gasteiger partial charge in [-0.1, -0.05) is 0 Å². The van der Waals surface area contributed by atoms with Gasteiger partial charge in [-0.3, -0.25) is 14.4 Å². The first-order chi connectivity index (χ1) is 14.0. The predicted molar refractivity (Wildman–Crippen MR) is 117 cm³/mol. The zero-order chi connectivity index (χ0) is 22.6. The zero-order valence-electron chi connectivity index (χ0n) is 18.1. The van der Waals surface area contributed by atoms with Crippen molar-refractivity contribution in [2.45, 2.75) is 40.3 Å². The highest BCUT2D eigenvalue weighted by molar-refractivity contribution is 6.06. The Hall–Kier alpha value is -3.49. The van der Waals surface area contributed by atoms with Gasteiger partial charge in [0.15, 0.2) is 0 Å². The highest BCUT2D eigenvalue weighted by atomic mass is 16.2. The van der Waals surface area contributed by atoms with Gasteiger partial charge < -0.3 is 25.9 Å². The van der Waals surface area contributed by atoms with Crippen LogP contribution < -0.4 is 16.2 Å². The summed E-state index contributed by atoms with van der Waals surface area (Å²) in [5.41, 5.74) is 2.18. The summed E-state index contributed by atoms with van der Waals surface area (Å²) in [4.78, 5) is 46.0. The third-order valence-corrected chi connectivity index (χ3v) is 4.42. The number of hydrogen-bond donors (Lipinski definition) is 4. The number of rotatable bonds is 7. The van der Waals surface area contributed by atoms with E-state index in [9.17, 15) is 14.4 Å². The fourth-order valence-corrected chi connectivity index (χ4v) is 2.98. The van der Waals surface area contributed by atoms with Crippen molar-refractivity contribution in [3.63, 3.8) is 0 Å². The van der Waals surface area contributed by atoms with Crippen LogP contribution in [0.25, 0.3) is 0 Å². The standard InChI is InChI=1S/C21H28N6O3/c1-11(2)24-18-15(9-22)14(8-17(26-18)21(30)27(5)6)19(28)23-10-16-12(3)7-13(4)25-20(16)29/h7-9,11,22H,10H2,1-6H3,(H,23,28)(H,24,26)(H,25,29). The molecule has 2 rings (SSSR count). The van der Waals surface area contributed by atoms with E-state index in [0.717, 1.165) is 17.5 Å². The van der Waals surface area contributed by atoms with E-state index in [0.29, 0.717) is 5.56 Å². The van der Waals surface area contributed by atoms with Crippen LogP contribution in [-0.2, 0) is 6.54 Å². The van der Waals surface area contributed by atoms with Crippen LogP contribution in [0.3, 0.4) is 0 Å². The van der Waals surface area contributed by atoms with E-state index in [4.69, 9.17) is 5.41 Å². The van der Waals surface area contributed by atoms with Crippen LogP contribution in [0.1, 0.15) is 57.1 Å². The van der Waals surface area contributed by atoms with Gasteiger partial charge in [-0.15, -0.1) is 0 Å². The van der Waals surface area contributed by atoms with E-state index >= 15 is 0 Å². The molecule has 0 spiro atoms. The van der Waals surface area contributed by atoms with Crippen LogP contribution in [0, 0.1) is 19.3 Å². The minimum atomic E-state index is -0.505. The van der Waals surface area contributed by atoms with Crippen molar-refractivity contribution in [3.8, 4) is 0 Å². The molecular formula is C21H28N6O3. The SMILES string of the molecule is Cc1cc(C)c(CNC(=O)c2cc(C(=O)N(C)C)nc(NC(C)C)c2C=N)c(=O)[nH]1. The monoisotopic (exact) mass is 412 g/mol. The third-order valence-electron chi connectivity index (χ3n) is 4.42. The zero-order valence-corrected chi connectivity index (χ0v) is 18.1. The van der Waals surface area contributed by atoms with Gasteiger partial charge in [-0.05, 0) is 45.4 Å². The lowest BCUT2D eigenvalue weighted by atomic mass is 10.1. The Morgan fingerprint density at radius 2 is 1.93 bits per heavy atom. The molecule has 0 radical (unpaired) electrons. The van der Waals surface area contributed by atoms with E-state index < -0.39 is 5.91 Å². The van der Waals surface area contributed by atoms with Crippen LogP contribution in [0.4, 0.5) is 5.82 Å². The first kappa shape index (κ1) is 22.8. The second-order valence-corrected chi connectivity index (χ2v) is 7.59. The first-order valence-electron chi connectivity index (χ1n) is 9.56. The lowest BCUT2D eigenvalue weighted by Gasteiger charge is -2.18. The number of pyridine rings is 2. The number of amides is 2. The van der Waals surface area contributed by atoms with Crippen LogP contribution >= 0.6 is 0 Å². The van der Waals surface area contributed by atoms with Gasteiger partial charge in [0.05, 0.1) is 5.56 Å². The maximum atomic E-state index is 13.0. The summed E-state index contributed by atoms with van der Waals surface area (Å²) < 4.78 is 0. The Balaban J connectivity index is 2.46. The minimum absolute atomic E-state index is 0.0178. The molecule has 2 heterocycles. The van der Waals surface area contributed by atoms with Crippen LogP contribution in [0.5, 0.6) is 0 Å². The molecule has 2 amide bonds. The molecule has 9 nitrogen and oxygen atoms in total. The van der Waals surface area contributed by atoms with Gasteiger partial charge in [-0.2, -0.15) is 0 Å². The highest BCUT2D eigenvalue weighted by Gasteiger charge is 2.21. The molecule has 0 unspecified atom stereocenters. The molecule has 2 aromatic rings. The Bertz CT molecular complexity index is 1040. The minimum Gasteiger partial charge on any atom is -0.367 e. The molecule has 0 atom stereocenters. The van der Waals surface area contributed by atoms with Crippen molar-refractivity contribution in [1.82, 2.24) is 20.2 Å². The van der Waals surface area contributed by atoms with Gasteiger partial charge in [-0.25, -0.2) is 4.98 Å². The normalized spacial score (nSPS) is 10.6. The number of nitrogens with one attached hydrogen (secondary N) is 4. The maximum absolute atomic E-state index is 13.0. The third kappa shape index (κ3) is 5.11. The molecule has 9 heteroatoms. The van der Waals surface area contributed by atoms with E-state index in [-0.39, 0.29) is 46.7 Å².